The first kappa shape index (κ1) is 8.40. The number of aromatic nitrogens is 2. The molecule has 0 fully saturated rings. The van der Waals surface area contributed by atoms with Gasteiger partial charge in [0.2, 0.25) is 5.28 Å². The molecule has 0 saturated heterocycles. The highest BCUT2D eigenvalue weighted by Gasteiger charge is 2.09. The van der Waals surface area contributed by atoms with Crippen molar-refractivity contribution in [1.29, 1.82) is 0 Å². The first-order valence-electron chi connectivity index (χ1n) is 3.32. The Kier molecular flexibility index (Phi) is 1.90. The molecule has 0 aliphatic rings. The molecule has 2 aromatic rings. The minimum Gasteiger partial charge on any atom is -0.477 e. The topological polar surface area (TPSA) is 63.1 Å². The van der Waals surface area contributed by atoms with Crippen molar-refractivity contribution < 1.29 is 9.90 Å². The van der Waals surface area contributed by atoms with Crippen molar-refractivity contribution in [1.82, 2.24) is 9.97 Å². The fourth-order valence-corrected chi connectivity index (χ4v) is 1.94. The summed E-state index contributed by atoms with van der Waals surface area (Å²) < 4.78 is 0. The first-order valence-corrected chi connectivity index (χ1v) is 4.51. The van der Waals surface area contributed by atoms with E-state index in [1.807, 2.05) is 0 Å². The molecule has 0 aromatic carbocycles. The number of rotatable bonds is 1. The largest absolute Gasteiger partial charge is 0.477 e. The molecule has 0 unspecified atom stereocenters. The Bertz CT molecular complexity index is 482. The van der Waals surface area contributed by atoms with Crippen LogP contribution in [0.1, 0.15) is 9.67 Å². The third-order valence-corrected chi connectivity index (χ3v) is 2.67. The van der Waals surface area contributed by atoms with Gasteiger partial charge in [-0.1, -0.05) is 0 Å². The number of carboxylic acids is 1. The zero-order valence-corrected chi connectivity index (χ0v) is 7.76. The van der Waals surface area contributed by atoms with Gasteiger partial charge in [-0.25, -0.2) is 14.8 Å². The summed E-state index contributed by atoms with van der Waals surface area (Å²) in [6, 6.07) is 1.53. The molecule has 0 atom stereocenters. The van der Waals surface area contributed by atoms with Gasteiger partial charge in [0.1, 0.15) is 9.71 Å². The normalized spacial score (nSPS) is 10.5. The van der Waals surface area contributed by atoms with Crippen LogP contribution in [-0.2, 0) is 0 Å². The molecule has 66 valence electrons. The van der Waals surface area contributed by atoms with Gasteiger partial charge in [0.15, 0.2) is 0 Å². The van der Waals surface area contributed by atoms with E-state index in [1.165, 1.54) is 12.3 Å². The summed E-state index contributed by atoms with van der Waals surface area (Å²) in [4.78, 5) is 19.1. The van der Waals surface area contributed by atoms with Gasteiger partial charge in [-0.05, 0) is 17.7 Å². The van der Waals surface area contributed by atoms with Crippen LogP contribution < -0.4 is 0 Å². The Morgan fingerprint density at radius 3 is 3.08 bits per heavy atom. The zero-order chi connectivity index (χ0) is 9.42. The minimum absolute atomic E-state index is 0.131. The fraction of sp³-hybridized carbons (Fsp3) is 0. The molecule has 0 saturated carbocycles. The van der Waals surface area contributed by atoms with Gasteiger partial charge >= 0.3 is 5.97 Å². The Labute approximate surface area is 81.8 Å². The van der Waals surface area contributed by atoms with Crippen LogP contribution in [0.5, 0.6) is 0 Å². The quantitative estimate of drug-likeness (QED) is 0.738. The van der Waals surface area contributed by atoms with Gasteiger partial charge in [-0.15, -0.1) is 11.3 Å². The molecule has 0 aliphatic carbocycles. The van der Waals surface area contributed by atoms with E-state index in [9.17, 15) is 4.79 Å². The smallest absolute Gasteiger partial charge is 0.345 e. The lowest BCUT2D eigenvalue weighted by atomic mass is 10.4. The lowest BCUT2D eigenvalue weighted by molar-refractivity contribution is 0.0702. The van der Waals surface area contributed by atoms with Crippen molar-refractivity contribution in [3.8, 4) is 0 Å². The predicted octanol–water partition coefficient (Wildman–Crippen LogP) is 2.04. The Balaban J connectivity index is 2.68. The third-order valence-electron chi connectivity index (χ3n) is 1.45. The van der Waals surface area contributed by atoms with Crippen molar-refractivity contribution >= 4 is 39.1 Å². The SMILES string of the molecule is O=C(O)c1cc2cnc(Cl)nc2s1. The van der Waals surface area contributed by atoms with E-state index >= 15 is 0 Å². The van der Waals surface area contributed by atoms with E-state index in [0.29, 0.717) is 10.2 Å². The number of carboxylic acid groups (broad SMARTS) is 1. The molecule has 13 heavy (non-hydrogen) atoms. The molecular formula is C7H3ClN2O2S. The number of halogens is 1. The second-order valence-electron chi connectivity index (χ2n) is 2.32. The summed E-state index contributed by atoms with van der Waals surface area (Å²) in [6.07, 6.45) is 1.51. The fourth-order valence-electron chi connectivity index (χ4n) is 0.916. The molecule has 2 rings (SSSR count). The molecule has 4 nitrogen and oxygen atoms in total. The summed E-state index contributed by atoms with van der Waals surface area (Å²) in [5.74, 6) is -0.959. The summed E-state index contributed by atoms with van der Waals surface area (Å²) in [5, 5.41) is 9.52. The van der Waals surface area contributed by atoms with Gasteiger partial charge in [0.25, 0.3) is 0 Å². The molecule has 2 aromatic heterocycles. The van der Waals surface area contributed by atoms with Crippen molar-refractivity contribution in [3.63, 3.8) is 0 Å². The zero-order valence-electron chi connectivity index (χ0n) is 6.19. The maximum absolute atomic E-state index is 10.6. The number of thiophene rings is 1. The molecule has 6 heteroatoms. The first-order chi connectivity index (χ1) is 6.16. The lowest BCUT2D eigenvalue weighted by Gasteiger charge is -1.86. The highest BCUT2D eigenvalue weighted by molar-refractivity contribution is 7.20. The monoisotopic (exact) mass is 214 g/mol. The third kappa shape index (κ3) is 1.48. The van der Waals surface area contributed by atoms with Crippen LogP contribution in [0.3, 0.4) is 0 Å². The van der Waals surface area contributed by atoms with Crippen LogP contribution in [0.4, 0.5) is 0 Å². The highest BCUT2D eigenvalue weighted by Crippen LogP contribution is 2.23. The van der Waals surface area contributed by atoms with E-state index in [-0.39, 0.29) is 10.2 Å². The average molecular weight is 215 g/mol. The van der Waals surface area contributed by atoms with Gasteiger partial charge in [-0.3, -0.25) is 0 Å². The molecule has 0 bridgehead atoms. The van der Waals surface area contributed by atoms with Crippen molar-refractivity contribution in [2.45, 2.75) is 0 Å². The summed E-state index contributed by atoms with van der Waals surface area (Å²) in [5.41, 5.74) is 0. The minimum atomic E-state index is -0.959. The number of hydrogen-bond donors (Lipinski definition) is 1. The second kappa shape index (κ2) is 2.93. The van der Waals surface area contributed by atoms with Crippen molar-refractivity contribution in [2.75, 3.05) is 0 Å². The summed E-state index contributed by atoms with van der Waals surface area (Å²) in [6.45, 7) is 0. The van der Waals surface area contributed by atoms with E-state index < -0.39 is 5.97 Å². The van der Waals surface area contributed by atoms with Crippen LogP contribution in [0.2, 0.25) is 5.28 Å². The molecule has 0 amide bonds. The van der Waals surface area contributed by atoms with Gasteiger partial charge in [0.05, 0.1) is 0 Å². The molecule has 0 radical (unpaired) electrons. The van der Waals surface area contributed by atoms with Crippen molar-refractivity contribution in [3.05, 3.63) is 22.4 Å². The molecular weight excluding hydrogens is 212 g/mol. The number of hydrogen-bond acceptors (Lipinski definition) is 4. The second-order valence-corrected chi connectivity index (χ2v) is 3.68. The molecule has 2 heterocycles. The van der Waals surface area contributed by atoms with Crippen molar-refractivity contribution in [2.24, 2.45) is 0 Å². The van der Waals surface area contributed by atoms with E-state index in [2.05, 4.69) is 9.97 Å². The van der Waals surface area contributed by atoms with E-state index in [1.54, 1.807) is 0 Å². The number of aromatic carboxylic acids is 1. The standard InChI is InChI=1S/C7H3ClN2O2S/c8-7-9-2-3-1-4(6(11)12)13-5(3)10-7/h1-2H,(H,11,12). The van der Waals surface area contributed by atoms with E-state index in [4.69, 9.17) is 16.7 Å². The number of fused-ring (bicyclic) bond motifs is 1. The number of carbonyl (C=O) groups is 1. The molecule has 0 aliphatic heterocycles. The summed E-state index contributed by atoms with van der Waals surface area (Å²) >= 11 is 6.63. The van der Waals surface area contributed by atoms with E-state index in [0.717, 1.165) is 11.3 Å². The van der Waals surface area contributed by atoms with Crippen LogP contribution in [0.15, 0.2) is 12.3 Å². The Hall–Kier alpha value is -1.20. The Morgan fingerprint density at radius 1 is 1.62 bits per heavy atom. The lowest BCUT2D eigenvalue weighted by Crippen LogP contribution is -1.89. The highest BCUT2D eigenvalue weighted by atomic mass is 35.5. The maximum Gasteiger partial charge on any atom is 0.345 e. The maximum atomic E-state index is 10.6. The average Bonchev–Trinajstić information content (AvgIpc) is 2.46. The van der Waals surface area contributed by atoms with Crippen LogP contribution in [-0.4, -0.2) is 21.0 Å². The van der Waals surface area contributed by atoms with Gasteiger partial charge in [0, 0.05) is 11.6 Å². The summed E-state index contributed by atoms with van der Waals surface area (Å²) in [7, 11) is 0. The number of nitrogens with zero attached hydrogens (tertiary/aromatic N) is 2. The van der Waals surface area contributed by atoms with Crippen LogP contribution in [0, 0.1) is 0 Å². The van der Waals surface area contributed by atoms with Crippen LogP contribution in [0.25, 0.3) is 10.2 Å². The Morgan fingerprint density at radius 2 is 2.38 bits per heavy atom. The van der Waals surface area contributed by atoms with Crippen LogP contribution >= 0.6 is 22.9 Å². The van der Waals surface area contributed by atoms with Gasteiger partial charge in [-0.2, -0.15) is 0 Å². The molecule has 1 N–H and O–H groups in total. The molecule has 0 spiro atoms. The van der Waals surface area contributed by atoms with Gasteiger partial charge < -0.3 is 5.11 Å². The predicted molar refractivity (Wildman–Crippen MR) is 49.4 cm³/mol.